The molecule has 0 aliphatic rings. The van der Waals surface area contributed by atoms with Crippen LogP contribution in [0.1, 0.15) is 26.3 Å². The van der Waals surface area contributed by atoms with Gasteiger partial charge in [-0.3, -0.25) is 0 Å². The third-order valence-electron chi connectivity index (χ3n) is 1.90. The summed E-state index contributed by atoms with van der Waals surface area (Å²) >= 11 is 0. The molecule has 0 saturated carbocycles. The Kier molecular flexibility index (Phi) is 5.57. The molecule has 1 aromatic heterocycles. The van der Waals surface area contributed by atoms with E-state index in [1.54, 1.807) is 0 Å². The minimum atomic E-state index is 0.544. The Balaban J connectivity index is 2.42. The number of hydrogen-bond acceptors (Lipinski definition) is 3. The zero-order valence-corrected chi connectivity index (χ0v) is 10.2. The Hall–Kier alpha value is -1.35. The Labute approximate surface area is 97.1 Å². The fourth-order valence-corrected chi connectivity index (χ4v) is 1.25. The molecule has 0 bridgehead atoms. The Bertz CT molecular complexity index is 326. The number of allylic oxidation sites excluding steroid dienone is 1. The highest BCUT2D eigenvalue weighted by molar-refractivity contribution is 5.50. The lowest BCUT2D eigenvalue weighted by Crippen LogP contribution is -2.06. The molecule has 0 atom stereocenters. The van der Waals surface area contributed by atoms with Crippen LogP contribution in [0, 0.1) is 0 Å². The van der Waals surface area contributed by atoms with Crippen LogP contribution in [-0.2, 0) is 4.74 Å². The molecule has 0 amide bonds. The van der Waals surface area contributed by atoms with Gasteiger partial charge >= 0.3 is 0 Å². The lowest BCUT2D eigenvalue weighted by molar-refractivity contribution is 0.108. The van der Waals surface area contributed by atoms with E-state index in [1.807, 2.05) is 25.3 Å². The molecule has 16 heavy (non-hydrogen) atoms. The monoisotopic (exact) mass is 221 g/mol. The van der Waals surface area contributed by atoms with Gasteiger partial charge in [0, 0.05) is 18.9 Å². The Morgan fingerprint density at radius 3 is 2.69 bits per heavy atom. The van der Waals surface area contributed by atoms with Crippen molar-refractivity contribution in [3.05, 3.63) is 29.5 Å². The number of hydrogen-bond donors (Lipinski definition) is 0. The predicted octanol–water partition coefficient (Wildman–Crippen LogP) is 2.92. The highest BCUT2D eigenvalue weighted by Gasteiger charge is 1.95. The molecule has 88 valence electrons. The number of nitrogens with zero attached hydrogens (tertiary/aromatic N) is 1. The first kappa shape index (κ1) is 12.7. The third-order valence-corrected chi connectivity index (χ3v) is 1.90. The van der Waals surface area contributed by atoms with Crippen molar-refractivity contribution in [2.45, 2.75) is 20.8 Å². The van der Waals surface area contributed by atoms with Crippen LogP contribution in [0.2, 0.25) is 0 Å². The summed E-state index contributed by atoms with van der Waals surface area (Å²) in [5.74, 6) is 0.644. The number of ether oxygens (including phenoxy) is 2. The first-order valence-electron chi connectivity index (χ1n) is 5.54. The molecule has 0 aromatic carbocycles. The molecule has 0 saturated heterocycles. The maximum absolute atomic E-state index is 5.41. The highest BCUT2D eigenvalue weighted by Crippen LogP contribution is 2.10. The fraction of sp³-hybridized carbons (Fsp3) is 0.462. The average molecular weight is 221 g/mol. The van der Waals surface area contributed by atoms with Gasteiger partial charge in [-0.25, -0.2) is 4.98 Å². The molecule has 1 heterocycles. The standard InChI is InChI=1S/C13H19NO2/c1-4-15-7-8-16-13-6-5-12(10-14-13)9-11(2)3/h5-6,9-10H,4,7-8H2,1-3H3. The molecule has 0 unspecified atom stereocenters. The molecule has 3 nitrogen and oxygen atoms in total. The predicted molar refractivity (Wildman–Crippen MR) is 65.6 cm³/mol. The van der Waals surface area contributed by atoms with E-state index in [2.05, 4.69) is 24.9 Å². The average Bonchev–Trinajstić information content (AvgIpc) is 2.26. The van der Waals surface area contributed by atoms with Crippen LogP contribution in [0.25, 0.3) is 6.08 Å². The first-order valence-corrected chi connectivity index (χ1v) is 5.54. The Morgan fingerprint density at radius 1 is 1.31 bits per heavy atom. The van der Waals surface area contributed by atoms with Crippen LogP contribution in [-0.4, -0.2) is 24.8 Å². The van der Waals surface area contributed by atoms with Gasteiger partial charge < -0.3 is 9.47 Å². The lowest BCUT2D eigenvalue weighted by Gasteiger charge is -2.05. The van der Waals surface area contributed by atoms with Crippen LogP contribution < -0.4 is 4.74 Å². The topological polar surface area (TPSA) is 31.4 Å². The van der Waals surface area contributed by atoms with Crippen molar-refractivity contribution in [2.24, 2.45) is 0 Å². The van der Waals surface area contributed by atoms with Crippen LogP contribution in [0.4, 0.5) is 0 Å². The van der Waals surface area contributed by atoms with E-state index >= 15 is 0 Å². The molecular formula is C13H19NO2. The van der Waals surface area contributed by atoms with E-state index in [0.717, 1.165) is 12.2 Å². The summed E-state index contributed by atoms with van der Waals surface area (Å²) < 4.78 is 10.6. The van der Waals surface area contributed by atoms with Gasteiger partial charge in [-0.05, 0) is 32.4 Å². The van der Waals surface area contributed by atoms with E-state index in [9.17, 15) is 0 Å². The molecule has 3 heteroatoms. The molecular weight excluding hydrogens is 202 g/mol. The summed E-state index contributed by atoms with van der Waals surface area (Å²) in [6.07, 6.45) is 3.89. The molecule has 0 fully saturated rings. The van der Waals surface area contributed by atoms with Gasteiger partial charge in [-0.1, -0.05) is 11.6 Å². The highest BCUT2D eigenvalue weighted by atomic mass is 16.5. The van der Waals surface area contributed by atoms with E-state index < -0.39 is 0 Å². The zero-order chi connectivity index (χ0) is 11.8. The van der Waals surface area contributed by atoms with Crippen molar-refractivity contribution >= 4 is 6.08 Å². The van der Waals surface area contributed by atoms with E-state index in [1.165, 1.54) is 5.57 Å². The lowest BCUT2D eigenvalue weighted by atomic mass is 10.2. The molecule has 0 radical (unpaired) electrons. The zero-order valence-electron chi connectivity index (χ0n) is 10.2. The fourth-order valence-electron chi connectivity index (χ4n) is 1.25. The van der Waals surface area contributed by atoms with Gasteiger partial charge in [0.1, 0.15) is 6.61 Å². The third kappa shape index (κ3) is 4.94. The van der Waals surface area contributed by atoms with Crippen molar-refractivity contribution in [1.82, 2.24) is 4.98 Å². The molecule has 0 spiro atoms. The molecule has 1 rings (SSSR count). The molecule has 1 aromatic rings. The van der Waals surface area contributed by atoms with Crippen molar-refractivity contribution < 1.29 is 9.47 Å². The first-order chi connectivity index (χ1) is 7.72. The SMILES string of the molecule is CCOCCOc1ccc(C=C(C)C)cn1. The van der Waals surface area contributed by atoms with Crippen LogP contribution >= 0.6 is 0 Å². The summed E-state index contributed by atoms with van der Waals surface area (Å²) in [5.41, 5.74) is 2.35. The second-order valence-electron chi connectivity index (χ2n) is 3.70. The number of pyridine rings is 1. The maximum atomic E-state index is 5.41. The van der Waals surface area contributed by atoms with Crippen molar-refractivity contribution in [3.63, 3.8) is 0 Å². The minimum Gasteiger partial charge on any atom is -0.475 e. The maximum Gasteiger partial charge on any atom is 0.213 e. The summed E-state index contributed by atoms with van der Waals surface area (Å²) in [7, 11) is 0. The Morgan fingerprint density at radius 2 is 2.12 bits per heavy atom. The van der Waals surface area contributed by atoms with E-state index in [4.69, 9.17) is 9.47 Å². The van der Waals surface area contributed by atoms with E-state index in [0.29, 0.717) is 19.1 Å². The summed E-state index contributed by atoms with van der Waals surface area (Å²) in [4.78, 5) is 4.21. The number of aromatic nitrogens is 1. The molecule has 0 aliphatic heterocycles. The van der Waals surface area contributed by atoms with Gasteiger partial charge in [-0.15, -0.1) is 0 Å². The molecule has 0 aliphatic carbocycles. The van der Waals surface area contributed by atoms with Crippen LogP contribution in [0.5, 0.6) is 5.88 Å². The van der Waals surface area contributed by atoms with Crippen molar-refractivity contribution in [2.75, 3.05) is 19.8 Å². The van der Waals surface area contributed by atoms with E-state index in [-0.39, 0.29) is 0 Å². The summed E-state index contributed by atoms with van der Waals surface area (Å²) in [6, 6.07) is 3.87. The van der Waals surface area contributed by atoms with Gasteiger partial charge in [0.15, 0.2) is 0 Å². The van der Waals surface area contributed by atoms with Crippen molar-refractivity contribution in [1.29, 1.82) is 0 Å². The van der Waals surface area contributed by atoms with Crippen LogP contribution in [0.15, 0.2) is 23.9 Å². The number of rotatable bonds is 6. The second-order valence-corrected chi connectivity index (χ2v) is 3.70. The van der Waals surface area contributed by atoms with Crippen molar-refractivity contribution in [3.8, 4) is 5.88 Å². The normalized spacial score (nSPS) is 9.94. The van der Waals surface area contributed by atoms with Gasteiger partial charge in [0.2, 0.25) is 5.88 Å². The van der Waals surface area contributed by atoms with Gasteiger partial charge in [-0.2, -0.15) is 0 Å². The smallest absolute Gasteiger partial charge is 0.213 e. The minimum absolute atomic E-state index is 0.544. The summed E-state index contributed by atoms with van der Waals surface area (Å²) in [6.45, 7) is 7.96. The van der Waals surface area contributed by atoms with Gasteiger partial charge in [0.05, 0.1) is 6.61 Å². The molecule has 0 N–H and O–H groups in total. The quantitative estimate of drug-likeness (QED) is 0.692. The second kappa shape index (κ2) is 7.01. The van der Waals surface area contributed by atoms with Crippen LogP contribution in [0.3, 0.4) is 0 Å². The summed E-state index contributed by atoms with van der Waals surface area (Å²) in [5, 5.41) is 0. The largest absolute Gasteiger partial charge is 0.475 e. The van der Waals surface area contributed by atoms with Gasteiger partial charge in [0.25, 0.3) is 0 Å².